The maximum Gasteiger partial charge on any atom is 0.407 e. The van der Waals surface area contributed by atoms with Crippen LogP contribution in [0.4, 0.5) is 4.79 Å². The summed E-state index contributed by atoms with van der Waals surface area (Å²) in [6.45, 7) is 6.42. The van der Waals surface area contributed by atoms with E-state index in [2.05, 4.69) is 21.3 Å². The molecule has 5 nitrogen and oxygen atoms in total. The van der Waals surface area contributed by atoms with E-state index >= 15 is 0 Å². The van der Waals surface area contributed by atoms with Crippen LogP contribution in [0.25, 0.3) is 0 Å². The van der Waals surface area contributed by atoms with E-state index in [1.165, 1.54) is 5.69 Å². The van der Waals surface area contributed by atoms with Gasteiger partial charge in [0.25, 0.3) is 0 Å². The molecule has 1 aromatic rings. The molecule has 0 bridgehead atoms. The third-order valence-electron chi connectivity index (χ3n) is 3.09. The lowest BCUT2D eigenvalue weighted by atomic mass is 10.2. The number of nitrogens with one attached hydrogen (secondary N) is 2. The number of rotatable bonds is 4. The number of hydrogen-bond acceptors (Lipinski definition) is 3. The molecule has 1 amide bonds. The van der Waals surface area contributed by atoms with Gasteiger partial charge in [-0.05, 0) is 39.3 Å². The Balaban J connectivity index is 1.68. The number of aryl methyl sites for hydroxylation is 1. The van der Waals surface area contributed by atoms with E-state index in [1.807, 2.05) is 40.1 Å². The van der Waals surface area contributed by atoms with Crippen LogP contribution in [0, 0.1) is 0 Å². The molecule has 1 fully saturated rings. The highest BCUT2D eigenvalue weighted by molar-refractivity contribution is 5.68. The smallest absolute Gasteiger partial charge is 0.407 e. The zero-order chi connectivity index (χ0) is 14.0. The number of alkyl carbamates (subject to hydrolysis) is 1. The van der Waals surface area contributed by atoms with Crippen molar-refractivity contribution >= 4 is 6.09 Å². The van der Waals surface area contributed by atoms with Crippen molar-refractivity contribution in [2.75, 3.05) is 0 Å². The first-order valence-electron chi connectivity index (χ1n) is 6.68. The normalized spacial score (nSPS) is 22.1. The fraction of sp³-hybridized carbons (Fsp3) is 0.643. The highest BCUT2D eigenvalue weighted by Gasteiger charge is 2.38. The summed E-state index contributed by atoms with van der Waals surface area (Å²) >= 11 is 0. The minimum atomic E-state index is -0.440. The van der Waals surface area contributed by atoms with Crippen molar-refractivity contribution in [3.63, 3.8) is 0 Å². The van der Waals surface area contributed by atoms with E-state index in [1.54, 1.807) is 0 Å². The molecule has 0 radical (unpaired) electrons. The van der Waals surface area contributed by atoms with E-state index in [0.29, 0.717) is 6.04 Å². The number of ether oxygens (including phenoxy) is 1. The first kappa shape index (κ1) is 13.9. The summed E-state index contributed by atoms with van der Waals surface area (Å²) in [6, 6.07) is 4.66. The van der Waals surface area contributed by atoms with Crippen LogP contribution in [0.3, 0.4) is 0 Å². The highest BCUT2D eigenvalue weighted by atomic mass is 16.6. The Hall–Kier alpha value is -1.49. The van der Waals surface area contributed by atoms with E-state index in [9.17, 15) is 4.79 Å². The minimum absolute atomic E-state index is 0.190. The van der Waals surface area contributed by atoms with Gasteiger partial charge in [-0.2, -0.15) is 0 Å². The second-order valence-corrected chi connectivity index (χ2v) is 6.09. The van der Waals surface area contributed by atoms with Crippen LogP contribution < -0.4 is 10.6 Å². The molecular weight excluding hydrogens is 242 g/mol. The van der Waals surface area contributed by atoms with Gasteiger partial charge >= 0.3 is 6.09 Å². The van der Waals surface area contributed by atoms with Crippen LogP contribution in [0.2, 0.25) is 0 Å². The Morgan fingerprint density at radius 1 is 1.47 bits per heavy atom. The maximum atomic E-state index is 11.6. The zero-order valence-electron chi connectivity index (χ0n) is 12.1. The monoisotopic (exact) mass is 265 g/mol. The molecule has 1 saturated carbocycles. The molecule has 2 atom stereocenters. The van der Waals surface area contributed by atoms with E-state index in [-0.39, 0.29) is 12.1 Å². The predicted molar refractivity (Wildman–Crippen MR) is 73.8 cm³/mol. The van der Waals surface area contributed by atoms with Gasteiger partial charge in [0.15, 0.2) is 0 Å². The van der Waals surface area contributed by atoms with Crippen molar-refractivity contribution in [1.82, 2.24) is 15.2 Å². The molecule has 0 aromatic carbocycles. The third-order valence-corrected chi connectivity index (χ3v) is 3.09. The summed E-state index contributed by atoms with van der Waals surface area (Å²) in [7, 11) is 2.03. The van der Waals surface area contributed by atoms with Crippen LogP contribution in [-0.2, 0) is 18.3 Å². The molecule has 19 heavy (non-hydrogen) atoms. The summed E-state index contributed by atoms with van der Waals surface area (Å²) in [6.07, 6.45) is 2.66. The van der Waals surface area contributed by atoms with Crippen LogP contribution >= 0.6 is 0 Å². The quantitative estimate of drug-likeness (QED) is 0.872. The fourth-order valence-electron chi connectivity index (χ4n) is 1.95. The molecule has 1 aliphatic rings. The van der Waals surface area contributed by atoms with Crippen LogP contribution in [0.15, 0.2) is 18.3 Å². The van der Waals surface area contributed by atoms with Gasteiger partial charge < -0.3 is 19.9 Å². The molecule has 2 rings (SSSR count). The maximum absolute atomic E-state index is 11.6. The molecule has 1 aliphatic carbocycles. The first-order valence-corrected chi connectivity index (χ1v) is 6.68. The molecule has 1 aromatic heterocycles. The lowest BCUT2D eigenvalue weighted by molar-refractivity contribution is 0.0522. The minimum Gasteiger partial charge on any atom is -0.444 e. The zero-order valence-corrected chi connectivity index (χ0v) is 12.1. The van der Waals surface area contributed by atoms with Crippen molar-refractivity contribution in [3.8, 4) is 0 Å². The van der Waals surface area contributed by atoms with E-state index < -0.39 is 5.60 Å². The Kier molecular flexibility index (Phi) is 3.85. The van der Waals surface area contributed by atoms with Gasteiger partial charge in [-0.15, -0.1) is 0 Å². The van der Waals surface area contributed by atoms with Crippen molar-refractivity contribution in [3.05, 3.63) is 24.0 Å². The molecule has 0 aliphatic heterocycles. The van der Waals surface area contributed by atoms with E-state index in [0.717, 1.165) is 13.0 Å². The average molecular weight is 265 g/mol. The van der Waals surface area contributed by atoms with Crippen molar-refractivity contribution < 1.29 is 9.53 Å². The fourth-order valence-corrected chi connectivity index (χ4v) is 1.95. The van der Waals surface area contributed by atoms with Gasteiger partial charge in [0.2, 0.25) is 0 Å². The van der Waals surface area contributed by atoms with Crippen LogP contribution in [0.5, 0.6) is 0 Å². The van der Waals surface area contributed by atoms with Crippen LogP contribution in [0.1, 0.15) is 32.9 Å². The van der Waals surface area contributed by atoms with Crippen molar-refractivity contribution in [2.24, 2.45) is 7.05 Å². The van der Waals surface area contributed by atoms with Gasteiger partial charge in [-0.25, -0.2) is 4.79 Å². The van der Waals surface area contributed by atoms with Crippen LogP contribution in [-0.4, -0.2) is 28.3 Å². The van der Waals surface area contributed by atoms with E-state index in [4.69, 9.17) is 4.74 Å². The molecule has 2 N–H and O–H groups in total. The largest absolute Gasteiger partial charge is 0.444 e. The number of carbonyl (C=O) groups excluding carboxylic acids is 1. The van der Waals surface area contributed by atoms with Crippen molar-refractivity contribution in [2.45, 2.75) is 51.4 Å². The Labute approximate surface area is 114 Å². The highest BCUT2D eigenvalue weighted by Crippen LogP contribution is 2.22. The third kappa shape index (κ3) is 4.28. The summed E-state index contributed by atoms with van der Waals surface area (Å²) < 4.78 is 7.31. The van der Waals surface area contributed by atoms with Crippen molar-refractivity contribution in [1.29, 1.82) is 0 Å². The molecule has 2 unspecified atom stereocenters. The van der Waals surface area contributed by atoms with Gasteiger partial charge in [0.05, 0.1) is 0 Å². The summed E-state index contributed by atoms with van der Waals surface area (Å²) in [5.74, 6) is 0. The Morgan fingerprint density at radius 3 is 2.79 bits per heavy atom. The topological polar surface area (TPSA) is 55.3 Å². The predicted octanol–water partition coefficient (Wildman–Crippen LogP) is 1.78. The second kappa shape index (κ2) is 5.25. The van der Waals surface area contributed by atoms with Gasteiger partial charge in [-0.1, -0.05) is 0 Å². The van der Waals surface area contributed by atoms with Gasteiger partial charge in [0, 0.05) is 37.6 Å². The lowest BCUT2D eigenvalue weighted by Crippen LogP contribution is -2.36. The SMILES string of the molecule is Cn1cccc1CNC1CC1NC(=O)OC(C)(C)C. The molecule has 106 valence electrons. The number of aromatic nitrogens is 1. The number of carbonyl (C=O) groups is 1. The lowest BCUT2D eigenvalue weighted by Gasteiger charge is -2.19. The molecule has 1 heterocycles. The Bertz CT molecular complexity index is 448. The van der Waals surface area contributed by atoms with Gasteiger partial charge in [0.1, 0.15) is 5.60 Å². The molecule has 0 saturated heterocycles. The standard InChI is InChI=1S/C14H23N3O2/c1-14(2,3)19-13(18)16-12-8-11(12)15-9-10-6-5-7-17(10)4/h5-7,11-12,15H,8-9H2,1-4H3,(H,16,18). The average Bonchev–Trinajstić information content (AvgIpc) is 2.85. The number of amides is 1. The number of nitrogens with zero attached hydrogens (tertiary/aromatic N) is 1. The second-order valence-electron chi connectivity index (χ2n) is 6.09. The summed E-state index contributed by atoms with van der Waals surface area (Å²) in [4.78, 5) is 11.6. The number of hydrogen-bond donors (Lipinski definition) is 2. The first-order chi connectivity index (χ1) is 8.85. The molecular formula is C14H23N3O2. The van der Waals surface area contributed by atoms with Gasteiger partial charge in [-0.3, -0.25) is 0 Å². The Morgan fingerprint density at radius 2 is 2.21 bits per heavy atom. The molecule has 5 heteroatoms. The summed E-state index contributed by atoms with van der Waals surface area (Å²) in [5.41, 5.74) is 0.799. The summed E-state index contributed by atoms with van der Waals surface area (Å²) in [5, 5.41) is 6.30. The molecule has 0 spiro atoms.